The number of benzene rings is 1. The first kappa shape index (κ1) is 14.6. The molecule has 2 aromatic rings. The summed E-state index contributed by atoms with van der Waals surface area (Å²) in [7, 11) is 0. The predicted molar refractivity (Wildman–Crippen MR) is 87.8 cm³/mol. The minimum absolute atomic E-state index is 0.0563. The number of carbonyl (C=O) groups excluding carboxylic acids is 1. The Labute approximate surface area is 132 Å². The summed E-state index contributed by atoms with van der Waals surface area (Å²) in [6, 6.07) is 13.4. The van der Waals surface area contributed by atoms with Gasteiger partial charge in [0.2, 0.25) is 5.91 Å². The van der Waals surface area contributed by atoms with E-state index in [1.54, 1.807) is 23.3 Å². The first-order chi connectivity index (χ1) is 10.7. The van der Waals surface area contributed by atoms with Crippen LogP contribution in [0.15, 0.2) is 63.3 Å². The molecule has 1 saturated heterocycles. The summed E-state index contributed by atoms with van der Waals surface area (Å²) in [4.78, 5) is 13.9. The minimum Gasteiger partial charge on any atom is -0.463 e. The van der Waals surface area contributed by atoms with E-state index in [1.165, 1.54) is 18.0 Å². The van der Waals surface area contributed by atoms with E-state index in [2.05, 4.69) is 10.2 Å². The van der Waals surface area contributed by atoms with Crippen LogP contribution in [0.25, 0.3) is 0 Å². The van der Waals surface area contributed by atoms with E-state index in [0.717, 1.165) is 5.56 Å². The zero-order chi connectivity index (χ0) is 15.4. The molecular weight excluding hydrogens is 298 g/mol. The molecular formula is C16H15N3O2S. The summed E-state index contributed by atoms with van der Waals surface area (Å²) < 4.78 is 5.16. The second-order valence-electron chi connectivity index (χ2n) is 4.81. The van der Waals surface area contributed by atoms with Crippen LogP contribution in [0, 0.1) is 0 Å². The smallest absolute Gasteiger partial charge is 0.242 e. The lowest BCUT2D eigenvalue weighted by molar-refractivity contribution is -0.126. The van der Waals surface area contributed by atoms with Crippen molar-refractivity contribution in [2.24, 2.45) is 10.2 Å². The van der Waals surface area contributed by atoms with Gasteiger partial charge in [-0.15, -0.1) is 5.10 Å². The lowest BCUT2D eigenvalue weighted by atomic mass is 10.2. The van der Waals surface area contributed by atoms with Gasteiger partial charge in [0, 0.05) is 0 Å². The number of hydrogen-bond acceptors (Lipinski definition) is 5. The molecule has 1 aromatic heterocycles. The Morgan fingerprint density at radius 3 is 2.82 bits per heavy atom. The Bertz CT molecular complexity index is 695. The first-order valence-corrected chi connectivity index (χ1v) is 7.78. The van der Waals surface area contributed by atoms with Crippen molar-refractivity contribution in [2.75, 3.05) is 0 Å². The van der Waals surface area contributed by atoms with Crippen LogP contribution in [-0.2, 0) is 11.3 Å². The maximum absolute atomic E-state index is 12.3. The van der Waals surface area contributed by atoms with Crippen molar-refractivity contribution < 1.29 is 9.21 Å². The zero-order valence-corrected chi connectivity index (χ0v) is 12.9. The third kappa shape index (κ3) is 3.28. The Morgan fingerprint density at radius 1 is 1.27 bits per heavy atom. The van der Waals surface area contributed by atoms with Crippen LogP contribution in [-0.4, -0.2) is 27.4 Å². The van der Waals surface area contributed by atoms with Gasteiger partial charge in [0.15, 0.2) is 5.17 Å². The van der Waals surface area contributed by atoms with Crippen LogP contribution < -0.4 is 0 Å². The highest BCUT2D eigenvalue weighted by molar-refractivity contribution is 8.15. The van der Waals surface area contributed by atoms with Crippen LogP contribution in [0.1, 0.15) is 18.2 Å². The van der Waals surface area contributed by atoms with Gasteiger partial charge >= 0.3 is 0 Å². The molecule has 6 heteroatoms. The van der Waals surface area contributed by atoms with E-state index >= 15 is 0 Å². The summed E-state index contributed by atoms with van der Waals surface area (Å²) in [5.41, 5.74) is 1.06. The van der Waals surface area contributed by atoms with E-state index in [0.29, 0.717) is 17.5 Å². The summed E-state index contributed by atoms with van der Waals surface area (Å²) in [6.45, 7) is 2.38. The van der Waals surface area contributed by atoms with Gasteiger partial charge in [-0.25, -0.2) is 0 Å². The molecule has 0 saturated carbocycles. The van der Waals surface area contributed by atoms with Crippen molar-refractivity contribution >= 4 is 29.1 Å². The summed E-state index contributed by atoms with van der Waals surface area (Å²) in [5.74, 6) is 0.683. The normalized spacial score (nSPS) is 20.4. The van der Waals surface area contributed by atoms with Gasteiger partial charge in [-0.3, -0.25) is 9.69 Å². The lowest BCUT2D eigenvalue weighted by Gasteiger charge is -2.15. The van der Waals surface area contributed by atoms with Gasteiger partial charge < -0.3 is 4.42 Å². The van der Waals surface area contributed by atoms with Gasteiger partial charge in [-0.2, -0.15) is 5.10 Å². The molecule has 2 heterocycles. The highest BCUT2D eigenvalue weighted by Crippen LogP contribution is 2.28. The Balaban J connectivity index is 1.77. The van der Waals surface area contributed by atoms with Crippen molar-refractivity contribution in [1.29, 1.82) is 0 Å². The van der Waals surface area contributed by atoms with E-state index < -0.39 is 0 Å². The number of carbonyl (C=O) groups is 1. The van der Waals surface area contributed by atoms with Crippen molar-refractivity contribution in [2.45, 2.75) is 18.7 Å². The third-order valence-electron chi connectivity index (χ3n) is 3.18. The number of amidine groups is 1. The molecule has 1 aromatic carbocycles. The largest absolute Gasteiger partial charge is 0.463 e. The van der Waals surface area contributed by atoms with Gasteiger partial charge in [0.25, 0.3) is 0 Å². The van der Waals surface area contributed by atoms with E-state index in [4.69, 9.17) is 4.42 Å². The number of hydrogen-bond donors (Lipinski definition) is 0. The molecule has 112 valence electrons. The molecule has 0 spiro atoms. The predicted octanol–water partition coefficient (Wildman–Crippen LogP) is 3.13. The summed E-state index contributed by atoms with van der Waals surface area (Å²) in [6.07, 6.45) is 3.11. The molecule has 1 atom stereocenters. The Morgan fingerprint density at radius 2 is 2.09 bits per heavy atom. The average molecular weight is 313 g/mol. The van der Waals surface area contributed by atoms with Crippen LogP contribution in [0.4, 0.5) is 0 Å². The average Bonchev–Trinajstić information content (AvgIpc) is 3.13. The van der Waals surface area contributed by atoms with E-state index in [1.807, 2.05) is 37.3 Å². The summed E-state index contributed by atoms with van der Waals surface area (Å²) in [5, 5.41) is 8.66. The maximum atomic E-state index is 12.3. The van der Waals surface area contributed by atoms with Crippen molar-refractivity contribution in [3.8, 4) is 0 Å². The van der Waals surface area contributed by atoms with Crippen LogP contribution in [0.5, 0.6) is 0 Å². The fraction of sp³-hybridized carbons (Fsp3) is 0.188. The van der Waals surface area contributed by atoms with Crippen LogP contribution in [0.3, 0.4) is 0 Å². The molecule has 22 heavy (non-hydrogen) atoms. The summed E-state index contributed by atoms with van der Waals surface area (Å²) >= 11 is 1.42. The van der Waals surface area contributed by atoms with Crippen LogP contribution in [0.2, 0.25) is 0 Å². The molecule has 1 fully saturated rings. The van der Waals surface area contributed by atoms with Crippen molar-refractivity contribution in [3.05, 3.63) is 60.1 Å². The molecule has 0 N–H and O–H groups in total. The van der Waals surface area contributed by atoms with Gasteiger partial charge in [0.1, 0.15) is 5.76 Å². The first-order valence-electron chi connectivity index (χ1n) is 6.90. The SMILES string of the molecule is CC1SC(=N/N=C/c2ccco2)N(Cc2ccccc2)C1=O. The van der Waals surface area contributed by atoms with Crippen LogP contribution >= 0.6 is 11.8 Å². The molecule has 0 radical (unpaired) electrons. The molecule has 1 aliphatic rings. The Hall–Kier alpha value is -2.34. The fourth-order valence-corrected chi connectivity index (χ4v) is 3.00. The van der Waals surface area contributed by atoms with Gasteiger partial charge in [0.05, 0.1) is 24.3 Å². The quantitative estimate of drug-likeness (QED) is 0.643. The fourth-order valence-electron chi connectivity index (χ4n) is 2.07. The molecule has 5 nitrogen and oxygen atoms in total. The van der Waals surface area contributed by atoms with Crippen molar-refractivity contribution in [1.82, 2.24) is 4.90 Å². The molecule has 1 unspecified atom stereocenters. The number of thioether (sulfide) groups is 1. The van der Waals surface area contributed by atoms with E-state index in [-0.39, 0.29) is 11.2 Å². The lowest BCUT2D eigenvalue weighted by Crippen LogP contribution is -2.30. The van der Waals surface area contributed by atoms with Gasteiger partial charge in [-0.1, -0.05) is 42.1 Å². The number of nitrogens with zero attached hydrogens (tertiary/aromatic N) is 3. The maximum Gasteiger partial charge on any atom is 0.242 e. The topological polar surface area (TPSA) is 58.2 Å². The molecule has 1 aliphatic heterocycles. The Kier molecular flexibility index (Phi) is 4.39. The molecule has 3 rings (SSSR count). The monoisotopic (exact) mass is 313 g/mol. The van der Waals surface area contributed by atoms with Gasteiger partial charge in [-0.05, 0) is 24.6 Å². The second kappa shape index (κ2) is 6.62. The number of rotatable bonds is 4. The second-order valence-corrected chi connectivity index (χ2v) is 6.12. The highest BCUT2D eigenvalue weighted by Gasteiger charge is 2.35. The minimum atomic E-state index is -0.138. The molecule has 0 bridgehead atoms. The standard InChI is InChI=1S/C16H15N3O2S/c1-12-15(20)19(11-13-6-3-2-4-7-13)16(22-12)18-17-10-14-8-5-9-21-14/h2-10,12H,11H2,1H3/b17-10+,18-16?. The van der Waals surface area contributed by atoms with Crippen molar-refractivity contribution in [3.63, 3.8) is 0 Å². The molecule has 0 aliphatic carbocycles. The molecule has 1 amide bonds. The highest BCUT2D eigenvalue weighted by atomic mass is 32.2. The third-order valence-corrected chi connectivity index (χ3v) is 4.25. The van der Waals surface area contributed by atoms with E-state index in [9.17, 15) is 4.79 Å². The zero-order valence-electron chi connectivity index (χ0n) is 12.0. The number of amides is 1. The number of furan rings is 1.